The molecule has 3 nitrogen and oxygen atoms in total. The maximum absolute atomic E-state index is 6.37. The van der Waals surface area contributed by atoms with Crippen molar-refractivity contribution in [3.63, 3.8) is 0 Å². The Labute approximate surface area is 123 Å². The van der Waals surface area contributed by atoms with E-state index in [0.717, 1.165) is 33.9 Å². The normalized spacial score (nSPS) is 17.5. The minimum absolute atomic E-state index is 0.0280. The summed E-state index contributed by atoms with van der Waals surface area (Å²) in [6, 6.07) is 3.98. The van der Waals surface area contributed by atoms with Crippen molar-refractivity contribution < 1.29 is 9.47 Å². The van der Waals surface area contributed by atoms with Gasteiger partial charge >= 0.3 is 0 Å². The van der Waals surface area contributed by atoms with Gasteiger partial charge < -0.3 is 15.2 Å². The number of hydrogen-bond acceptors (Lipinski definition) is 3. The van der Waals surface area contributed by atoms with Crippen LogP contribution in [0.25, 0.3) is 0 Å². The quantitative estimate of drug-likeness (QED) is 0.887. The highest BCUT2D eigenvalue weighted by Crippen LogP contribution is 2.41. The van der Waals surface area contributed by atoms with E-state index in [1.165, 1.54) is 25.7 Å². The van der Waals surface area contributed by atoms with Gasteiger partial charge in [0.1, 0.15) is 16.0 Å². The molecule has 1 aliphatic rings. The predicted molar refractivity (Wildman–Crippen MR) is 80.7 cm³/mol. The lowest BCUT2D eigenvalue weighted by Crippen LogP contribution is -2.15. The van der Waals surface area contributed by atoms with Gasteiger partial charge in [-0.3, -0.25) is 0 Å². The summed E-state index contributed by atoms with van der Waals surface area (Å²) in [4.78, 5) is 0. The topological polar surface area (TPSA) is 44.5 Å². The fourth-order valence-electron chi connectivity index (χ4n) is 2.94. The first-order chi connectivity index (χ1) is 9.17. The molecule has 0 radical (unpaired) electrons. The van der Waals surface area contributed by atoms with E-state index in [2.05, 4.69) is 15.9 Å². The Morgan fingerprint density at radius 1 is 1.26 bits per heavy atom. The van der Waals surface area contributed by atoms with Crippen molar-refractivity contribution in [2.45, 2.75) is 38.1 Å². The maximum atomic E-state index is 6.37. The molecule has 1 atom stereocenters. The number of rotatable bonds is 5. The van der Waals surface area contributed by atoms with Crippen molar-refractivity contribution in [1.29, 1.82) is 0 Å². The molecule has 0 saturated heterocycles. The first-order valence-corrected chi connectivity index (χ1v) is 7.62. The van der Waals surface area contributed by atoms with E-state index in [1.807, 2.05) is 12.1 Å². The van der Waals surface area contributed by atoms with E-state index < -0.39 is 0 Å². The van der Waals surface area contributed by atoms with Gasteiger partial charge in [-0.1, -0.05) is 25.7 Å². The van der Waals surface area contributed by atoms with Crippen molar-refractivity contribution in [3.8, 4) is 11.5 Å². The number of methoxy groups -OCH3 is 2. The molecule has 1 unspecified atom stereocenters. The predicted octanol–water partition coefficient (Wildman–Crippen LogP) is 4.05. The summed E-state index contributed by atoms with van der Waals surface area (Å²) in [6.07, 6.45) is 6.36. The molecule has 0 aromatic heterocycles. The van der Waals surface area contributed by atoms with E-state index in [9.17, 15) is 0 Å². The monoisotopic (exact) mass is 327 g/mol. The van der Waals surface area contributed by atoms with Crippen molar-refractivity contribution in [2.75, 3.05) is 14.2 Å². The standard InChI is InChI=1S/C15H22BrNO2/c1-18-13-8-7-11(15(19-2)14(13)16)12(17)9-10-5-3-4-6-10/h7-8,10,12H,3-6,9,17H2,1-2H3. The van der Waals surface area contributed by atoms with Crippen LogP contribution in [0.15, 0.2) is 16.6 Å². The van der Waals surface area contributed by atoms with Crippen molar-refractivity contribution in [2.24, 2.45) is 11.7 Å². The van der Waals surface area contributed by atoms with Crippen LogP contribution in [0, 0.1) is 5.92 Å². The second-order valence-corrected chi connectivity index (χ2v) is 5.99. The van der Waals surface area contributed by atoms with E-state index in [4.69, 9.17) is 15.2 Å². The van der Waals surface area contributed by atoms with Crippen molar-refractivity contribution in [3.05, 3.63) is 22.2 Å². The molecule has 2 rings (SSSR count). The van der Waals surface area contributed by atoms with Crippen LogP contribution in [-0.4, -0.2) is 14.2 Å². The largest absolute Gasteiger partial charge is 0.495 e. The fourth-order valence-corrected chi connectivity index (χ4v) is 3.63. The molecular weight excluding hydrogens is 306 g/mol. The zero-order valence-corrected chi connectivity index (χ0v) is 13.2. The Balaban J connectivity index is 2.20. The molecule has 1 fully saturated rings. The summed E-state index contributed by atoms with van der Waals surface area (Å²) in [5.41, 5.74) is 7.43. The molecule has 106 valence electrons. The summed E-state index contributed by atoms with van der Waals surface area (Å²) >= 11 is 3.53. The maximum Gasteiger partial charge on any atom is 0.141 e. The van der Waals surface area contributed by atoms with Gasteiger partial charge in [0.25, 0.3) is 0 Å². The van der Waals surface area contributed by atoms with Gasteiger partial charge in [0, 0.05) is 11.6 Å². The fraction of sp³-hybridized carbons (Fsp3) is 0.600. The SMILES string of the molecule is COc1ccc(C(N)CC2CCCC2)c(OC)c1Br. The highest BCUT2D eigenvalue weighted by atomic mass is 79.9. The third-order valence-corrected chi connectivity index (χ3v) is 4.73. The third-order valence-electron chi connectivity index (χ3n) is 3.98. The molecule has 0 amide bonds. The molecular formula is C15H22BrNO2. The summed E-state index contributed by atoms with van der Waals surface area (Å²) in [6.45, 7) is 0. The van der Waals surface area contributed by atoms with Crippen LogP contribution in [0.2, 0.25) is 0 Å². The number of nitrogens with two attached hydrogens (primary N) is 1. The third kappa shape index (κ3) is 3.23. The van der Waals surface area contributed by atoms with Crippen molar-refractivity contribution >= 4 is 15.9 Å². The Hall–Kier alpha value is -0.740. The lowest BCUT2D eigenvalue weighted by atomic mass is 9.93. The Bertz CT molecular complexity index is 430. The number of hydrogen-bond donors (Lipinski definition) is 1. The second kappa shape index (κ2) is 6.62. The molecule has 0 heterocycles. The average Bonchev–Trinajstić information content (AvgIpc) is 2.91. The molecule has 0 spiro atoms. The molecule has 2 N–H and O–H groups in total. The van der Waals surface area contributed by atoms with Gasteiger partial charge in [-0.2, -0.15) is 0 Å². The zero-order valence-electron chi connectivity index (χ0n) is 11.6. The van der Waals surface area contributed by atoms with Crippen LogP contribution in [0.1, 0.15) is 43.7 Å². The van der Waals surface area contributed by atoms with Crippen LogP contribution in [0.4, 0.5) is 0 Å². The Morgan fingerprint density at radius 2 is 1.95 bits per heavy atom. The lowest BCUT2D eigenvalue weighted by Gasteiger charge is -2.20. The van der Waals surface area contributed by atoms with Gasteiger partial charge in [-0.05, 0) is 40.4 Å². The second-order valence-electron chi connectivity index (χ2n) is 5.20. The number of benzene rings is 1. The number of ether oxygens (including phenoxy) is 2. The molecule has 1 saturated carbocycles. The molecule has 1 aromatic rings. The molecule has 19 heavy (non-hydrogen) atoms. The molecule has 0 bridgehead atoms. The minimum Gasteiger partial charge on any atom is -0.495 e. The lowest BCUT2D eigenvalue weighted by molar-refractivity contribution is 0.377. The molecule has 1 aliphatic carbocycles. The van der Waals surface area contributed by atoms with E-state index in [0.29, 0.717) is 0 Å². The summed E-state index contributed by atoms with van der Waals surface area (Å²) in [5, 5.41) is 0. The van der Waals surface area contributed by atoms with Crippen LogP contribution >= 0.6 is 15.9 Å². The zero-order chi connectivity index (χ0) is 13.8. The van der Waals surface area contributed by atoms with Gasteiger partial charge in [-0.15, -0.1) is 0 Å². The summed E-state index contributed by atoms with van der Waals surface area (Å²) < 4.78 is 11.6. The van der Waals surface area contributed by atoms with E-state index >= 15 is 0 Å². The van der Waals surface area contributed by atoms with Crippen LogP contribution < -0.4 is 15.2 Å². The average molecular weight is 328 g/mol. The summed E-state index contributed by atoms with van der Waals surface area (Å²) in [7, 11) is 3.32. The van der Waals surface area contributed by atoms with Gasteiger partial charge in [0.2, 0.25) is 0 Å². The highest BCUT2D eigenvalue weighted by Gasteiger charge is 2.22. The van der Waals surface area contributed by atoms with Crippen LogP contribution in [0.5, 0.6) is 11.5 Å². The minimum atomic E-state index is 0.0280. The molecule has 1 aromatic carbocycles. The highest BCUT2D eigenvalue weighted by molar-refractivity contribution is 9.10. The Kier molecular flexibility index (Phi) is 5.11. The van der Waals surface area contributed by atoms with E-state index in [1.54, 1.807) is 14.2 Å². The molecule has 0 aliphatic heterocycles. The van der Waals surface area contributed by atoms with Crippen molar-refractivity contribution in [1.82, 2.24) is 0 Å². The van der Waals surface area contributed by atoms with Crippen LogP contribution in [0.3, 0.4) is 0 Å². The Morgan fingerprint density at radius 3 is 2.53 bits per heavy atom. The first kappa shape index (κ1) is 14.7. The van der Waals surface area contributed by atoms with Crippen LogP contribution in [-0.2, 0) is 0 Å². The van der Waals surface area contributed by atoms with Gasteiger partial charge in [0.05, 0.1) is 14.2 Å². The van der Waals surface area contributed by atoms with Gasteiger partial charge in [-0.25, -0.2) is 0 Å². The van der Waals surface area contributed by atoms with E-state index in [-0.39, 0.29) is 6.04 Å². The van der Waals surface area contributed by atoms with Gasteiger partial charge in [0.15, 0.2) is 0 Å². The number of halogens is 1. The molecule has 4 heteroatoms. The summed E-state index contributed by atoms with van der Waals surface area (Å²) in [5.74, 6) is 2.33. The smallest absolute Gasteiger partial charge is 0.141 e. The first-order valence-electron chi connectivity index (χ1n) is 6.83.